The van der Waals surface area contributed by atoms with Crippen molar-refractivity contribution in [3.05, 3.63) is 28.7 Å². The second kappa shape index (κ2) is 5.66. The fourth-order valence-electron chi connectivity index (χ4n) is 1.38. The summed E-state index contributed by atoms with van der Waals surface area (Å²) in [6, 6.07) is 1.56. The standard InChI is InChI=1S/C11H12ClN5O2/c1-3-13-9-8(12)4-7(5-14-9)10(18)15-11-17-16-6(2)19-11/h4-5H,3H2,1-2H3,(H,13,14)(H,15,17,18). The lowest BCUT2D eigenvalue weighted by atomic mass is 10.2. The molecular formula is C11H12ClN5O2. The van der Waals surface area contributed by atoms with Crippen molar-refractivity contribution in [1.29, 1.82) is 0 Å². The molecular weight excluding hydrogens is 270 g/mol. The van der Waals surface area contributed by atoms with Gasteiger partial charge in [0.15, 0.2) is 0 Å². The largest absolute Gasteiger partial charge is 0.408 e. The number of nitrogens with one attached hydrogen (secondary N) is 2. The summed E-state index contributed by atoms with van der Waals surface area (Å²) in [5.41, 5.74) is 0.308. The minimum atomic E-state index is -0.416. The highest BCUT2D eigenvalue weighted by atomic mass is 35.5. The number of pyridine rings is 1. The number of rotatable bonds is 4. The molecule has 0 aliphatic rings. The summed E-state index contributed by atoms with van der Waals surface area (Å²) in [6.07, 6.45) is 1.42. The molecule has 2 N–H and O–H groups in total. The monoisotopic (exact) mass is 281 g/mol. The number of hydrogen-bond donors (Lipinski definition) is 2. The van der Waals surface area contributed by atoms with Gasteiger partial charge in [-0.1, -0.05) is 16.7 Å². The van der Waals surface area contributed by atoms with Crippen molar-refractivity contribution in [3.63, 3.8) is 0 Å². The second-order valence-corrected chi connectivity index (χ2v) is 4.07. The van der Waals surface area contributed by atoms with E-state index in [2.05, 4.69) is 25.8 Å². The van der Waals surface area contributed by atoms with Gasteiger partial charge in [0, 0.05) is 19.7 Å². The van der Waals surface area contributed by atoms with Crippen LogP contribution in [-0.4, -0.2) is 27.6 Å². The number of anilines is 2. The fourth-order valence-corrected chi connectivity index (χ4v) is 1.61. The average molecular weight is 282 g/mol. The lowest BCUT2D eigenvalue weighted by Crippen LogP contribution is -2.13. The lowest BCUT2D eigenvalue weighted by Gasteiger charge is -2.06. The predicted molar refractivity (Wildman–Crippen MR) is 70.4 cm³/mol. The molecule has 7 nitrogen and oxygen atoms in total. The summed E-state index contributed by atoms with van der Waals surface area (Å²) >= 11 is 6.00. The Kier molecular flexibility index (Phi) is 3.96. The van der Waals surface area contributed by atoms with E-state index in [1.165, 1.54) is 12.3 Å². The van der Waals surface area contributed by atoms with E-state index in [4.69, 9.17) is 16.0 Å². The van der Waals surface area contributed by atoms with E-state index in [-0.39, 0.29) is 6.01 Å². The summed E-state index contributed by atoms with van der Waals surface area (Å²) in [6.45, 7) is 4.25. The first-order chi connectivity index (χ1) is 9.10. The van der Waals surface area contributed by atoms with E-state index >= 15 is 0 Å². The molecule has 0 fully saturated rings. The smallest absolute Gasteiger partial charge is 0.322 e. The number of carbonyl (C=O) groups is 1. The van der Waals surface area contributed by atoms with Crippen LogP contribution >= 0.6 is 11.6 Å². The number of hydrogen-bond acceptors (Lipinski definition) is 6. The molecule has 0 saturated carbocycles. The van der Waals surface area contributed by atoms with E-state index in [0.29, 0.717) is 28.8 Å². The van der Waals surface area contributed by atoms with Crippen LogP contribution in [0.2, 0.25) is 5.02 Å². The minimum absolute atomic E-state index is 0.0365. The van der Waals surface area contributed by atoms with Crippen molar-refractivity contribution in [2.45, 2.75) is 13.8 Å². The molecule has 0 saturated heterocycles. The number of aromatic nitrogens is 3. The lowest BCUT2D eigenvalue weighted by molar-refractivity contribution is 0.102. The molecule has 2 aromatic rings. The van der Waals surface area contributed by atoms with Gasteiger partial charge in [-0.25, -0.2) is 4.98 Å². The molecule has 0 radical (unpaired) electrons. The highest BCUT2D eigenvalue weighted by Crippen LogP contribution is 2.20. The van der Waals surface area contributed by atoms with Gasteiger partial charge in [-0.2, -0.15) is 0 Å². The van der Waals surface area contributed by atoms with Crippen molar-refractivity contribution < 1.29 is 9.21 Å². The number of carbonyl (C=O) groups excluding carboxylic acids is 1. The van der Waals surface area contributed by atoms with Gasteiger partial charge in [-0.3, -0.25) is 10.1 Å². The summed E-state index contributed by atoms with van der Waals surface area (Å²) in [5.74, 6) is 0.490. The van der Waals surface area contributed by atoms with Crippen molar-refractivity contribution in [2.75, 3.05) is 17.2 Å². The second-order valence-electron chi connectivity index (χ2n) is 3.67. The van der Waals surface area contributed by atoms with Gasteiger partial charge in [0.25, 0.3) is 5.91 Å². The van der Waals surface area contributed by atoms with E-state index in [9.17, 15) is 4.79 Å². The predicted octanol–water partition coefficient (Wildman–Crippen LogP) is 2.11. The van der Waals surface area contributed by atoms with E-state index < -0.39 is 5.91 Å². The molecule has 2 heterocycles. The molecule has 0 atom stereocenters. The Hall–Kier alpha value is -2.15. The van der Waals surface area contributed by atoms with Crippen LogP contribution in [0.1, 0.15) is 23.2 Å². The third-order valence-corrected chi connectivity index (χ3v) is 2.48. The van der Waals surface area contributed by atoms with Gasteiger partial charge >= 0.3 is 6.01 Å². The topological polar surface area (TPSA) is 92.9 Å². The average Bonchev–Trinajstić information content (AvgIpc) is 2.77. The molecule has 0 spiro atoms. The van der Waals surface area contributed by atoms with Crippen LogP contribution < -0.4 is 10.6 Å². The quantitative estimate of drug-likeness (QED) is 0.891. The molecule has 8 heteroatoms. The highest BCUT2D eigenvalue weighted by molar-refractivity contribution is 6.33. The van der Waals surface area contributed by atoms with Crippen molar-refractivity contribution in [1.82, 2.24) is 15.2 Å². The maximum atomic E-state index is 11.9. The fraction of sp³-hybridized carbons (Fsp3) is 0.273. The van der Waals surface area contributed by atoms with Crippen LogP contribution in [0.4, 0.5) is 11.8 Å². The molecule has 0 aliphatic carbocycles. The molecule has 0 aromatic carbocycles. The van der Waals surface area contributed by atoms with Gasteiger partial charge in [-0.15, -0.1) is 5.10 Å². The van der Waals surface area contributed by atoms with Crippen LogP contribution in [0.5, 0.6) is 0 Å². The maximum absolute atomic E-state index is 11.9. The Balaban J connectivity index is 2.13. The van der Waals surface area contributed by atoms with E-state index in [1.54, 1.807) is 6.92 Å². The summed E-state index contributed by atoms with van der Waals surface area (Å²) < 4.78 is 5.05. The van der Waals surface area contributed by atoms with Crippen molar-refractivity contribution in [2.24, 2.45) is 0 Å². The van der Waals surface area contributed by atoms with Gasteiger partial charge in [0.2, 0.25) is 5.89 Å². The molecule has 1 amide bonds. The first kappa shape index (κ1) is 13.3. The van der Waals surface area contributed by atoms with Crippen molar-refractivity contribution in [3.8, 4) is 0 Å². The number of amides is 1. The Morgan fingerprint density at radius 1 is 1.47 bits per heavy atom. The first-order valence-electron chi connectivity index (χ1n) is 5.61. The normalized spacial score (nSPS) is 10.3. The zero-order valence-corrected chi connectivity index (χ0v) is 11.2. The molecule has 2 rings (SSSR count). The molecule has 2 aromatic heterocycles. The van der Waals surface area contributed by atoms with Gasteiger partial charge in [-0.05, 0) is 13.0 Å². The number of nitrogens with zero attached hydrogens (tertiary/aromatic N) is 3. The van der Waals surface area contributed by atoms with Crippen LogP contribution in [0.25, 0.3) is 0 Å². The molecule has 0 unspecified atom stereocenters. The van der Waals surface area contributed by atoms with Crippen LogP contribution in [0.15, 0.2) is 16.7 Å². The zero-order chi connectivity index (χ0) is 13.8. The van der Waals surface area contributed by atoms with Gasteiger partial charge in [0.1, 0.15) is 5.82 Å². The summed E-state index contributed by atoms with van der Waals surface area (Å²) in [7, 11) is 0. The molecule has 100 valence electrons. The number of halogens is 1. The SMILES string of the molecule is CCNc1ncc(C(=O)Nc2nnc(C)o2)cc1Cl. The van der Waals surface area contributed by atoms with E-state index in [0.717, 1.165) is 0 Å². The highest BCUT2D eigenvalue weighted by Gasteiger charge is 2.12. The van der Waals surface area contributed by atoms with Crippen LogP contribution in [0, 0.1) is 6.92 Å². The molecule has 0 aliphatic heterocycles. The summed E-state index contributed by atoms with van der Waals surface area (Å²) in [5, 5.41) is 13.1. The Labute approximate surface area is 114 Å². The Morgan fingerprint density at radius 2 is 2.26 bits per heavy atom. The van der Waals surface area contributed by atoms with Crippen LogP contribution in [-0.2, 0) is 0 Å². The Morgan fingerprint density at radius 3 is 2.84 bits per heavy atom. The third-order valence-electron chi connectivity index (χ3n) is 2.19. The van der Waals surface area contributed by atoms with E-state index in [1.807, 2.05) is 6.92 Å². The third kappa shape index (κ3) is 3.19. The number of aryl methyl sites for hydroxylation is 1. The van der Waals surface area contributed by atoms with Gasteiger partial charge < -0.3 is 9.73 Å². The van der Waals surface area contributed by atoms with Gasteiger partial charge in [0.05, 0.1) is 10.6 Å². The zero-order valence-electron chi connectivity index (χ0n) is 10.4. The maximum Gasteiger partial charge on any atom is 0.322 e. The van der Waals surface area contributed by atoms with Crippen LogP contribution in [0.3, 0.4) is 0 Å². The summed E-state index contributed by atoms with van der Waals surface area (Å²) in [4.78, 5) is 16.0. The minimum Gasteiger partial charge on any atom is -0.408 e. The molecule has 19 heavy (non-hydrogen) atoms. The molecule has 0 bridgehead atoms. The Bertz CT molecular complexity index is 599. The first-order valence-corrected chi connectivity index (χ1v) is 5.99. The van der Waals surface area contributed by atoms with Crippen molar-refractivity contribution >= 4 is 29.3 Å².